The van der Waals surface area contributed by atoms with Crippen molar-refractivity contribution >= 4 is 44.4 Å². The maximum atomic E-state index is 12.5. The molecule has 6 heteroatoms. The summed E-state index contributed by atoms with van der Waals surface area (Å²) in [7, 11) is 1.99. The molecule has 0 spiro atoms. The predicted octanol–water partition coefficient (Wildman–Crippen LogP) is 6.53. The minimum absolute atomic E-state index is 0.145. The number of benzene rings is 3. The SMILES string of the molecule is Cn1c(COc2ccc(Br)cc2)c(COC(=O)c2cccc(Cl)c2)c2ccccc21. The van der Waals surface area contributed by atoms with Gasteiger partial charge in [0.25, 0.3) is 0 Å². The molecular formula is C24H19BrClNO3. The average molecular weight is 485 g/mol. The normalized spacial score (nSPS) is 10.9. The van der Waals surface area contributed by atoms with E-state index in [0.29, 0.717) is 17.2 Å². The highest BCUT2D eigenvalue weighted by Gasteiger charge is 2.18. The zero-order chi connectivity index (χ0) is 21.1. The number of aromatic nitrogens is 1. The van der Waals surface area contributed by atoms with Crippen LogP contribution >= 0.6 is 27.5 Å². The molecule has 0 atom stereocenters. The number of ether oxygens (including phenoxy) is 2. The van der Waals surface area contributed by atoms with Gasteiger partial charge in [0.05, 0.1) is 11.3 Å². The summed E-state index contributed by atoms with van der Waals surface area (Å²) in [6.07, 6.45) is 0. The molecule has 0 amide bonds. The minimum atomic E-state index is -0.412. The van der Waals surface area contributed by atoms with Crippen LogP contribution in [0.4, 0.5) is 0 Å². The molecule has 1 aromatic heterocycles. The number of hydrogen-bond donors (Lipinski definition) is 0. The molecule has 152 valence electrons. The van der Waals surface area contributed by atoms with Crippen LogP contribution in [0.1, 0.15) is 21.6 Å². The van der Waals surface area contributed by atoms with Gasteiger partial charge in [0.1, 0.15) is 19.0 Å². The number of hydrogen-bond acceptors (Lipinski definition) is 3. The van der Waals surface area contributed by atoms with Crippen LogP contribution in [0.2, 0.25) is 5.02 Å². The molecule has 3 aromatic carbocycles. The second kappa shape index (κ2) is 8.94. The lowest BCUT2D eigenvalue weighted by Gasteiger charge is -2.11. The third-order valence-corrected chi connectivity index (χ3v) is 5.70. The van der Waals surface area contributed by atoms with Crippen molar-refractivity contribution in [3.05, 3.63) is 99.1 Å². The van der Waals surface area contributed by atoms with Crippen molar-refractivity contribution in [1.82, 2.24) is 4.57 Å². The number of halogens is 2. The predicted molar refractivity (Wildman–Crippen MR) is 122 cm³/mol. The number of fused-ring (bicyclic) bond motifs is 1. The highest BCUT2D eigenvalue weighted by atomic mass is 79.9. The third-order valence-electron chi connectivity index (χ3n) is 4.94. The molecule has 0 bridgehead atoms. The number of nitrogens with zero attached hydrogens (tertiary/aromatic N) is 1. The highest BCUT2D eigenvalue weighted by Crippen LogP contribution is 2.28. The van der Waals surface area contributed by atoms with E-state index in [9.17, 15) is 4.79 Å². The van der Waals surface area contributed by atoms with Crippen molar-refractivity contribution in [2.24, 2.45) is 7.05 Å². The van der Waals surface area contributed by atoms with E-state index in [2.05, 4.69) is 20.5 Å². The number of aryl methyl sites for hydroxylation is 1. The van der Waals surface area contributed by atoms with Gasteiger partial charge in [0.15, 0.2) is 0 Å². The zero-order valence-corrected chi connectivity index (χ0v) is 18.6. The molecule has 0 N–H and O–H groups in total. The van der Waals surface area contributed by atoms with Crippen LogP contribution in [0.25, 0.3) is 10.9 Å². The van der Waals surface area contributed by atoms with Gasteiger partial charge in [-0.2, -0.15) is 0 Å². The molecule has 0 radical (unpaired) electrons. The van der Waals surface area contributed by atoms with E-state index in [-0.39, 0.29) is 6.61 Å². The average Bonchev–Trinajstić information content (AvgIpc) is 3.03. The smallest absolute Gasteiger partial charge is 0.338 e. The van der Waals surface area contributed by atoms with Crippen LogP contribution in [-0.4, -0.2) is 10.5 Å². The van der Waals surface area contributed by atoms with E-state index < -0.39 is 5.97 Å². The van der Waals surface area contributed by atoms with E-state index in [1.165, 1.54) is 0 Å². The third kappa shape index (κ3) is 4.37. The summed E-state index contributed by atoms with van der Waals surface area (Å²) in [4.78, 5) is 12.5. The Hall–Kier alpha value is -2.76. The van der Waals surface area contributed by atoms with Gasteiger partial charge in [-0.05, 0) is 48.5 Å². The van der Waals surface area contributed by atoms with E-state index in [1.54, 1.807) is 24.3 Å². The van der Waals surface area contributed by atoms with Crippen molar-refractivity contribution in [3.63, 3.8) is 0 Å². The fraction of sp³-hybridized carbons (Fsp3) is 0.125. The molecule has 0 aliphatic heterocycles. The Balaban J connectivity index is 1.60. The van der Waals surface area contributed by atoms with Gasteiger partial charge in [-0.1, -0.05) is 51.8 Å². The van der Waals surface area contributed by atoms with Crippen LogP contribution in [0.15, 0.2) is 77.3 Å². The van der Waals surface area contributed by atoms with Crippen LogP contribution in [0, 0.1) is 0 Å². The first-order valence-electron chi connectivity index (χ1n) is 9.39. The van der Waals surface area contributed by atoms with Crippen LogP contribution in [-0.2, 0) is 25.0 Å². The summed E-state index contributed by atoms with van der Waals surface area (Å²) in [6.45, 7) is 0.503. The van der Waals surface area contributed by atoms with Gasteiger partial charge in [0.2, 0.25) is 0 Å². The first kappa shape index (κ1) is 20.5. The van der Waals surface area contributed by atoms with Gasteiger partial charge in [0, 0.05) is 33.0 Å². The lowest BCUT2D eigenvalue weighted by molar-refractivity contribution is 0.0472. The first-order valence-corrected chi connectivity index (χ1v) is 10.6. The van der Waals surface area contributed by atoms with E-state index in [1.807, 2.05) is 55.6 Å². The standard InChI is InChI=1S/C24H19BrClNO3/c1-27-22-8-3-2-7-20(22)21(14-30-24(28)16-5-4-6-18(26)13-16)23(27)15-29-19-11-9-17(25)10-12-19/h2-13H,14-15H2,1H3. The van der Waals surface area contributed by atoms with Gasteiger partial charge in [-0.25, -0.2) is 4.79 Å². The summed E-state index contributed by atoms with van der Waals surface area (Å²) in [5.74, 6) is 0.357. The van der Waals surface area contributed by atoms with E-state index in [0.717, 1.165) is 32.4 Å². The molecule has 0 aliphatic rings. The van der Waals surface area contributed by atoms with Gasteiger partial charge in [-0.15, -0.1) is 0 Å². The maximum absolute atomic E-state index is 12.5. The zero-order valence-electron chi connectivity index (χ0n) is 16.3. The minimum Gasteiger partial charge on any atom is -0.487 e. The van der Waals surface area contributed by atoms with Gasteiger partial charge >= 0.3 is 5.97 Å². The second-order valence-corrected chi connectivity index (χ2v) is 8.18. The monoisotopic (exact) mass is 483 g/mol. The molecule has 4 nitrogen and oxygen atoms in total. The second-order valence-electron chi connectivity index (χ2n) is 6.83. The maximum Gasteiger partial charge on any atom is 0.338 e. The topological polar surface area (TPSA) is 40.5 Å². The largest absolute Gasteiger partial charge is 0.487 e. The number of carbonyl (C=O) groups is 1. The lowest BCUT2D eigenvalue weighted by Crippen LogP contribution is -2.09. The Morgan fingerprint density at radius 1 is 1.00 bits per heavy atom. The molecule has 4 rings (SSSR count). The molecule has 1 heterocycles. The van der Waals surface area contributed by atoms with Crippen molar-refractivity contribution in [2.75, 3.05) is 0 Å². The van der Waals surface area contributed by atoms with Crippen LogP contribution in [0.3, 0.4) is 0 Å². The first-order chi connectivity index (χ1) is 14.5. The van der Waals surface area contributed by atoms with Crippen molar-refractivity contribution in [2.45, 2.75) is 13.2 Å². The Morgan fingerprint density at radius 3 is 2.53 bits per heavy atom. The molecule has 0 saturated heterocycles. The Morgan fingerprint density at radius 2 is 1.77 bits per heavy atom. The van der Waals surface area contributed by atoms with Crippen LogP contribution < -0.4 is 4.74 Å². The number of esters is 1. The fourth-order valence-corrected chi connectivity index (χ4v) is 3.84. The summed E-state index contributed by atoms with van der Waals surface area (Å²) < 4.78 is 14.7. The molecular weight excluding hydrogens is 466 g/mol. The lowest BCUT2D eigenvalue weighted by atomic mass is 10.1. The summed E-state index contributed by atoms with van der Waals surface area (Å²) in [5.41, 5.74) is 3.37. The molecule has 0 saturated carbocycles. The molecule has 0 fully saturated rings. The molecule has 0 aliphatic carbocycles. The Bertz CT molecular complexity index is 1200. The summed E-state index contributed by atoms with van der Waals surface area (Å²) in [5, 5.41) is 1.53. The highest BCUT2D eigenvalue weighted by molar-refractivity contribution is 9.10. The Kier molecular flexibility index (Phi) is 6.11. The fourth-order valence-electron chi connectivity index (χ4n) is 3.39. The molecule has 4 aromatic rings. The number of rotatable bonds is 6. The van der Waals surface area contributed by atoms with Crippen molar-refractivity contribution < 1.29 is 14.3 Å². The molecule has 30 heavy (non-hydrogen) atoms. The Labute approximate surface area is 188 Å². The van der Waals surface area contributed by atoms with Crippen LogP contribution in [0.5, 0.6) is 5.75 Å². The van der Waals surface area contributed by atoms with E-state index in [4.69, 9.17) is 21.1 Å². The summed E-state index contributed by atoms with van der Waals surface area (Å²) in [6, 6.07) is 22.5. The van der Waals surface area contributed by atoms with Crippen molar-refractivity contribution in [3.8, 4) is 5.75 Å². The summed E-state index contributed by atoms with van der Waals surface area (Å²) >= 11 is 9.42. The van der Waals surface area contributed by atoms with Gasteiger partial charge < -0.3 is 14.0 Å². The van der Waals surface area contributed by atoms with Crippen molar-refractivity contribution in [1.29, 1.82) is 0 Å². The van der Waals surface area contributed by atoms with Gasteiger partial charge in [-0.3, -0.25) is 0 Å². The molecule has 0 unspecified atom stereocenters. The number of carbonyl (C=O) groups excluding carboxylic acids is 1. The quantitative estimate of drug-likeness (QED) is 0.292. The van der Waals surface area contributed by atoms with E-state index >= 15 is 0 Å². The number of para-hydroxylation sites is 1.